The van der Waals surface area contributed by atoms with Gasteiger partial charge in [0.2, 0.25) is 17.7 Å². The predicted octanol–water partition coefficient (Wildman–Crippen LogP) is 4.77. The van der Waals surface area contributed by atoms with E-state index in [0.29, 0.717) is 6.42 Å². The summed E-state index contributed by atoms with van der Waals surface area (Å²) in [6.07, 6.45) is 4.60. The van der Waals surface area contributed by atoms with Gasteiger partial charge in [-0.25, -0.2) is 9.78 Å². The summed E-state index contributed by atoms with van der Waals surface area (Å²) in [6, 6.07) is 17.3. The molecule has 11 heteroatoms. The Morgan fingerprint density at radius 2 is 1.38 bits per heavy atom. The number of amides is 3. The van der Waals surface area contributed by atoms with E-state index in [1.807, 2.05) is 80.8 Å². The Bertz CT molecular complexity index is 1510. The van der Waals surface area contributed by atoms with Gasteiger partial charge in [-0.2, -0.15) is 0 Å². The van der Waals surface area contributed by atoms with E-state index in [1.165, 1.54) is 5.56 Å². The molecule has 0 aliphatic carbocycles. The summed E-state index contributed by atoms with van der Waals surface area (Å²) in [5.41, 5.74) is 2.93. The predicted molar refractivity (Wildman–Crippen MR) is 194 cm³/mol. The first-order valence-electron chi connectivity index (χ1n) is 17.8. The highest BCUT2D eigenvalue weighted by Gasteiger charge is 2.31. The monoisotopic (exact) mass is 689 g/mol. The van der Waals surface area contributed by atoms with Crippen LogP contribution in [-0.4, -0.2) is 67.7 Å². The van der Waals surface area contributed by atoms with E-state index in [2.05, 4.69) is 28.1 Å². The number of carbonyl (C=O) groups excluding carboxylic acids is 3. The number of unbranched alkanes of at least 4 members (excludes halogenated alkanes) is 1. The molecule has 3 aromatic rings. The molecule has 0 bridgehead atoms. The van der Waals surface area contributed by atoms with Gasteiger partial charge in [-0.15, -0.1) is 0 Å². The lowest BCUT2D eigenvalue weighted by atomic mass is 9.96. The zero-order valence-electron chi connectivity index (χ0n) is 30.1. The molecular formula is C39H55N5O6. The summed E-state index contributed by atoms with van der Waals surface area (Å²) < 4.78 is 2.04. The molecule has 2 aromatic carbocycles. The number of aliphatic hydroxyl groups is 1. The molecule has 0 fully saturated rings. The number of carboxylic acids is 1. The number of carboxylic acid groups (broad SMARTS) is 1. The SMILES string of the molecule is CCC(=O)N[C@@H](Cc1cnc(CCCCc2ccccc2)n1-c1ccccc1)C(=O)N[C@@H](CC(C)C)[C@@H](O)CC(=O)N[C@@H](CC(C)C)C(=O)O. The Balaban J connectivity index is 1.80. The smallest absolute Gasteiger partial charge is 0.326 e. The van der Waals surface area contributed by atoms with E-state index < -0.39 is 42.0 Å². The minimum Gasteiger partial charge on any atom is -0.480 e. The fraction of sp³-hybridized carbons (Fsp3) is 0.513. The van der Waals surface area contributed by atoms with Crippen molar-refractivity contribution in [2.45, 2.75) is 117 Å². The van der Waals surface area contributed by atoms with Gasteiger partial charge in [-0.1, -0.05) is 83.1 Å². The lowest BCUT2D eigenvalue weighted by molar-refractivity contribution is -0.142. The third-order valence-electron chi connectivity index (χ3n) is 8.52. The van der Waals surface area contributed by atoms with Crippen LogP contribution < -0.4 is 16.0 Å². The van der Waals surface area contributed by atoms with Crippen LogP contribution in [0.25, 0.3) is 5.69 Å². The number of nitrogens with zero attached hydrogens (tertiary/aromatic N) is 2. The van der Waals surface area contributed by atoms with E-state index in [9.17, 15) is 29.4 Å². The molecule has 0 saturated heterocycles. The van der Waals surface area contributed by atoms with Crippen molar-refractivity contribution in [2.75, 3.05) is 0 Å². The molecule has 0 spiro atoms. The van der Waals surface area contributed by atoms with Gasteiger partial charge < -0.3 is 30.7 Å². The first kappa shape index (κ1) is 39.9. The molecule has 1 heterocycles. The van der Waals surface area contributed by atoms with Crippen molar-refractivity contribution in [3.63, 3.8) is 0 Å². The molecule has 272 valence electrons. The van der Waals surface area contributed by atoms with E-state index in [0.717, 1.165) is 42.9 Å². The molecule has 4 atom stereocenters. The van der Waals surface area contributed by atoms with Gasteiger partial charge in [-0.3, -0.25) is 14.4 Å². The molecular weight excluding hydrogens is 634 g/mol. The quantitative estimate of drug-likeness (QED) is 0.101. The third kappa shape index (κ3) is 13.1. The molecule has 0 aliphatic heterocycles. The van der Waals surface area contributed by atoms with Gasteiger partial charge in [-0.05, 0) is 61.6 Å². The first-order chi connectivity index (χ1) is 23.9. The number of aliphatic carboxylic acids is 1. The highest BCUT2D eigenvalue weighted by Crippen LogP contribution is 2.20. The Morgan fingerprint density at radius 1 is 0.780 bits per heavy atom. The summed E-state index contributed by atoms with van der Waals surface area (Å²) in [5, 5.41) is 29.0. The van der Waals surface area contributed by atoms with Crippen LogP contribution in [0.1, 0.15) is 90.2 Å². The number of carbonyl (C=O) groups is 4. The van der Waals surface area contributed by atoms with E-state index in [4.69, 9.17) is 4.98 Å². The number of aromatic nitrogens is 2. The minimum absolute atomic E-state index is 0.0403. The van der Waals surface area contributed by atoms with Gasteiger partial charge >= 0.3 is 5.97 Å². The highest BCUT2D eigenvalue weighted by molar-refractivity contribution is 5.88. The summed E-state index contributed by atoms with van der Waals surface area (Å²) in [4.78, 5) is 55.9. The Hall–Kier alpha value is -4.51. The third-order valence-corrected chi connectivity index (χ3v) is 8.52. The molecule has 0 saturated carbocycles. The number of imidazole rings is 1. The highest BCUT2D eigenvalue weighted by atomic mass is 16.4. The maximum absolute atomic E-state index is 13.9. The van der Waals surface area contributed by atoms with Crippen molar-refractivity contribution in [1.82, 2.24) is 25.5 Å². The zero-order chi connectivity index (χ0) is 36.6. The molecule has 11 nitrogen and oxygen atoms in total. The van der Waals surface area contributed by atoms with Crippen LogP contribution in [0.2, 0.25) is 0 Å². The van der Waals surface area contributed by atoms with E-state index in [-0.39, 0.29) is 43.4 Å². The van der Waals surface area contributed by atoms with E-state index in [1.54, 1.807) is 13.1 Å². The topological polar surface area (TPSA) is 163 Å². The van der Waals surface area contributed by atoms with Crippen LogP contribution in [0, 0.1) is 11.8 Å². The van der Waals surface area contributed by atoms with Gasteiger partial charge in [0.1, 0.15) is 17.9 Å². The number of para-hydroxylation sites is 1. The molecule has 0 radical (unpaired) electrons. The first-order valence-corrected chi connectivity index (χ1v) is 17.8. The van der Waals surface area contributed by atoms with Crippen LogP contribution in [-0.2, 0) is 38.4 Å². The number of aliphatic hydroxyl groups excluding tert-OH is 1. The number of nitrogens with one attached hydrogen (secondary N) is 3. The minimum atomic E-state index is -1.28. The van der Waals surface area contributed by atoms with Crippen molar-refractivity contribution < 1.29 is 29.4 Å². The van der Waals surface area contributed by atoms with Crippen LogP contribution >= 0.6 is 0 Å². The van der Waals surface area contributed by atoms with Crippen molar-refractivity contribution in [1.29, 1.82) is 0 Å². The number of hydrogen-bond acceptors (Lipinski definition) is 6. The lowest BCUT2D eigenvalue weighted by Crippen LogP contribution is -2.54. The molecule has 1 aromatic heterocycles. The zero-order valence-corrected chi connectivity index (χ0v) is 30.1. The number of rotatable bonds is 21. The van der Waals surface area contributed by atoms with Crippen LogP contribution in [0.15, 0.2) is 66.9 Å². The van der Waals surface area contributed by atoms with Gasteiger partial charge in [0.05, 0.1) is 18.6 Å². The Labute approximate surface area is 296 Å². The molecule has 50 heavy (non-hydrogen) atoms. The maximum Gasteiger partial charge on any atom is 0.326 e. The average Bonchev–Trinajstić information content (AvgIpc) is 3.48. The van der Waals surface area contributed by atoms with Crippen LogP contribution in [0.3, 0.4) is 0 Å². The Morgan fingerprint density at radius 3 is 1.98 bits per heavy atom. The van der Waals surface area contributed by atoms with Crippen molar-refractivity contribution >= 4 is 23.7 Å². The van der Waals surface area contributed by atoms with Crippen molar-refractivity contribution in [2.24, 2.45) is 11.8 Å². The molecule has 0 aliphatic rings. The number of aryl methyl sites for hydroxylation is 2. The molecule has 0 unspecified atom stereocenters. The van der Waals surface area contributed by atoms with Crippen molar-refractivity contribution in [3.8, 4) is 5.69 Å². The van der Waals surface area contributed by atoms with Crippen LogP contribution in [0.4, 0.5) is 0 Å². The van der Waals surface area contributed by atoms with Gasteiger partial charge in [0, 0.05) is 36.8 Å². The average molecular weight is 690 g/mol. The maximum atomic E-state index is 13.9. The molecule has 3 amide bonds. The lowest BCUT2D eigenvalue weighted by Gasteiger charge is -2.28. The van der Waals surface area contributed by atoms with Gasteiger partial charge in [0.15, 0.2) is 0 Å². The standard InChI is InChI=1S/C39H55N5O6/c1-6-36(46)41-32(38(48)43-31(21-26(2)3)34(45)24-37(47)42-33(39(49)50)22-27(4)5)23-30-25-40-35(44(30)29-18-11-8-12-19-29)20-14-13-17-28-15-9-7-10-16-28/h7-12,15-16,18-19,25-27,31-34,45H,6,13-14,17,20-24H2,1-5H3,(H,41,46)(H,42,47)(H,43,48)(H,49,50)/t31-,32-,33-,34-/m0/s1. The summed E-state index contributed by atoms with van der Waals surface area (Å²) in [7, 11) is 0. The summed E-state index contributed by atoms with van der Waals surface area (Å²) in [6.45, 7) is 9.30. The fourth-order valence-electron chi connectivity index (χ4n) is 6.00. The second-order valence-electron chi connectivity index (χ2n) is 13.8. The second kappa shape index (κ2) is 20.2. The van der Waals surface area contributed by atoms with E-state index >= 15 is 0 Å². The van der Waals surface area contributed by atoms with Crippen molar-refractivity contribution in [3.05, 3.63) is 83.9 Å². The van der Waals surface area contributed by atoms with Crippen LogP contribution in [0.5, 0.6) is 0 Å². The second-order valence-corrected chi connectivity index (χ2v) is 13.8. The number of benzene rings is 2. The summed E-state index contributed by atoms with van der Waals surface area (Å²) in [5.74, 6) is -1.61. The summed E-state index contributed by atoms with van der Waals surface area (Å²) >= 11 is 0. The molecule has 5 N–H and O–H groups in total. The van der Waals surface area contributed by atoms with Gasteiger partial charge in [0.25, 0.3) is 0 Å². The Kier molecular flexibility index (Phi) is 16.2. The largest absolute Gasteiger partial charge is 0.480 e. The normalized spacial score (nSPS) is 13.8. The number of hydrogen-bond donors (Lipinski definition) is 5. The molecule has 3 rings (SSSR count). The fourth-order valence-corrected chi connectivity index (χ4v) is 6.00.